The summed E-state index contributed by atoms with van der Waals surface area (Å²) in [5.41, 5.74) is 0.227. The Bertz CT molecular complexity index is 1040. The Morgan fingerprint density at radius 1 is 1.22 bits per heavy atom. The average Bonchev–Trinajstić information content (AvgIpc) is 3.06. The predicted octanol–water partition coefficient (Wildman–Crippen LogP) is 0.245. The Kier molecular flexibility index (Phi) is 4.66. The Hall–Kier alpha value is -4.02. The van der Waals surface area contributed by atoms with Crippen molar-refractivity contribution in [3.8, 4) is 5.88 Å². The molecule has 0 aliphatic carbocycles. The maximum Gasteiger partial charge on any atom is 0.354 e. The number of amides is 1. The van der Waals surface area contributed by atoms with Gasteiger partial charge in [-0.3, -0.25) is 4.79 Å². The first-order chi connectivity index (χ1) is 12.9. The summed E-state index contributed by atoms with van der Waals surface area (Å²) in [4.78, 5) is 38.9. The number of fused-ring (bicyclic) bond motifs is 1. The average molecular weight is 371 g/mol. The zero-order chi connectivity index (χ0) is 19.6. The highest BCUT2D eigenvalue weighted by atomic mass is 16.5. The summed E-state index contributed by atoms with van der Waals surface area (Å²) < 4.78 is 5.42. The van der Waals surface area contributed by atoms with E-state index in [-0.39, 0.29) is 23.6 Å². The number of carboxylic acid groups (broad SMARTS) is 1. The third-order valence-electron chi connectivity index (χ3n) is 3.64. The molecule has 11 nitrogen and oxygen atoms in total. The van der Waals surface area contributed by atoms with E-state index in [4.69, 9.17) is 0 Å². The molecule has 0 unspecified atom stereocenters. The Labute approximate surface area is 151 Å². The lowest BCUT2D eigenvalue weighted by atomic mass is 10.1. The monoisotopic (exact) mass is 371 g/mol. The lowest BCUT2D eigenvalue weighted by molar-refractivity contribution is 0.0599. The molecule has 3 N–H and O–H groups in total. The van der Waals surface area contributed by atoms with Crippen LogP contribution in [0.1, 0.15) is 36.9 Å². The minimum Gasteiger partial charge on any atom is -0.489 e. The number of esters is 1. The van der Waals surface area contributed by atoms with Gasteiger partial charge in [-0.2, -0.15) is 4.52 Å². The van der Waals surface area contributed by atoms with Gasteiger partial charge in [0.2, 0.25) is 5.65 Å². The fraction of sp³-hybridized carbons (Fsp3) is 0.125. The van der Waals surface area contributed by atoms with Crippen LogP contribution in [0, 0.1) is 0 Å². The van der Waals surface area contributed by atoms with E-state index in [1.165, 1.54) is 7.11 Å². The van der Waals surface area contributed by atoms with E-state index >= 15 is 0 Å². The molecule has 0 bridgehead atoms. The molecular weight excluding hydrogens is 358 g/mol. The summed E-state index contributed by atoms with van der Waals surface area (Å²) in [5, 5.41) is 28.2. The Morgan fingerprint density at radius 2 is 1.93 bits per heavy atom. The number of carboxylic acids is 1. The van der Waals surface area contributed by atoms with Gasteiger partial charge >= 0.3 is 11.9 Å². The van der Waals surface area contributed by atoms with Gasteiger partial charge in [-0.05, 0) is 17.7 Å². The molecule has 2 heterocycles. The van der Waals surface area contributed by atoms with Gasteiger partial charge in [0.15, 0.2) is 5.69 Å². The van der Waals surface area contributed by atoms with Gasteiger partial charge in [-0.25, -0.2) is 14.6 Å². The second kappa shape index (κ2) is 7.07. The summed E-state index contributed by atoms with van der Waals surface area (Å²) in [5.74, 6) is -3.08. The van der Waals surface area contributed by atoms with Gasteiger partial charge in [0.05, 0.1) is 12.7 Å². The van der Waals surface area contributed by atoms with Gasteiger partial charge in [-0.1, -0.05) is 22.4 Å². The van der Waals surface area contributed by atoms with Crippen LogP contribution in [0.15, 0.2) is 30.3 Å². The van der Waals surface area contributed by atoms with E-state index in [1.807, 2.05) is 0 Å². The number of carbonyl (C=O) groups is 3. The second-order valence-electron chi connectivity index (χ2n) is 5.35. The van der Waals surface area contributed by atoms with Crippen molar-refractivity contribution in [2.24, 2.45) is 0 Å². The molecule has 27 heavy (non-hydrogen) atoms. The highest BCUT2D eigenvalue weighted by Crippen LogP contribution is 2.15. The zero-order valence-corrected chi connectivity index (χ0v) is 13.9. The molecule has 3 rings (SSSR count). The van der Waals surface area contributed by atoms with Crippen molar-refractivity contribution in [3.05, 3.63) is 52.8 Å². The van der Waals surface area contributed by atoms with Crippen molar-refractivity contribution in [1.29, 1.82) is 0 Å². The predicted molar refractivity (Wildman–Crippen MR) is 88.4 cm³/mol. The first-order valence-corrected chi connectivity index (χ1v) is 7.55. The number of aromatic carboxylic acids is 1. The molecule has 0 saturated carbocycles. The summed E-state index contributed by atoms with van der Waals surface area (Å²) in [6.07, 6.45) is 0. The van der Waals surface area contributed by atoms with Crippen LogP contribution < -0.4 is 5.32 Å². The van der Waals surface area contributed by atoms with Crippen LogP contribution in [0.3, 0.4) is 0 Å². The smallest absolute Gasteiger partial charge is 0.354 e. The molecule has 0 aliphatic rings. The molecule has 1 aromatic carbocycles. The molecule has 0 atom stereocenters. The van der Waals surface area contributed by atoms with Crippen molar-refractivity contribution in [2.45, 2.75) is 6.54 Å². The van der Waals surface area contributed by atoms with Crippen LogP contribution in [0.25, 0.3) is 5.65 Å². The molecule has 2 aromatic heterocycles. The molecule has 3 aromatic rings. The van der Waals surface area contributed by atoms with Crippen molar-refractivity contribution in [1.82, 2.24) is 25.1 Å². The van der Waals surface area contributed by atoms with Gasteiger partial charge in [0.1, 0.15) is 5.69 Å². The van der Waals surface area contributed by atoms with Gasteiger partial charge in [0, 0.05) is 12.6 Å². The number of nitrogens with one attached hydrogen (secondary N) is 1. The number of aromatic nitrogens is 4. The number of hydrogen-bond donors (Lipinski definition) is 3. The normalized spacial score (nSPS) is 10.6. The Balaban J connectivity index is 1.79. The number of rotatable bonds is 5. The molecule has 0 saturated heterocycles. The number of benzene rings is 1. The maximum absolute atomic E-state index is 12.3. The van der Waals surface area contributed by atoms with Crippen molar-refractivity contribution < 1.29 is 29.3 Å². The number of methoxy groups -OCH3 is 1. The van der Waals surface area contributed by atoms with E-state index in [9.17, 15) is 24.6 Å². The van der Waals surface area contributed by atoms with E-state index in [0.717, 1.165) is 10.6 Å². The molecule has 0 spiro atoms. The third-order valence-corrected chi connectivity index (χ3v) is 3.64. The fourth-order valence-corrected chi connectivity index (χ4v) is 2.28. The first-order valence-electron chi connectivity index (χ1n) is 7.55. The third kappa shape index (κ3) is 3.51. The second-order valence-corrected chi connectivity index (χ2v) is 5.35. The summed E-state index contributed by atoms with van der Waals surface area (Å²) >= 11 is 0. The van der Waals surface area contributed by atoms with Crippen molar-refractivity contribution >= 4 is 23.5 Å². The van der Waals surface area contributed by atoms with E-state index in [0.29, 0.717) is 11.1 Å². The fourth-order valence-electron chi connectivity index (χ4n) is 2.28. The van der Waals surface area contributed by atoms with Crippen LogP contribution in [0.4, 0.5) is 0 Å². The summed E-state index contributed by atoms with van der Waals surface area (Å²) in [7, 11) is 1.28. The number of aromatic hydroxyl groups is 1. The Morgan fingerprint density at radius 3 is 2.56 bits per heavy atom. The molecule has 0 radical (unpaired) electrons. The van der Waals surface area contributed by atoms with E-state index in [2.05, 4.69) is 25.3 Å². The van der Waals surface area contributed by atoms with E-state index < -0.39 is 23.7 Å². The lowest BCUT2D eigenvalue weighted by Gasteiger charge is -2.07. The molecule has 0 aliphatic heterocycles. The number of ether oxygens (including phenoxy) is 1. The summed E-state index contributed by atoms with van der Waals surface area (Å²) in [6.45, 7) is 0.110. The SMILES string of the molecule is COC(=O)c1ccc(CNC(=O)c2cc(C(=O)O)n3nnc(O)c3n2)cc1. The highest BCUT2D eigenvalue weighted by molar-refractivity contribution is 5.96. The van der Waals surface area contributed by atoms with Crippen LogP contribution in [-0.4, -0.2) is 55.0 Å². The van der Waals surface area contributed by atoms with Gasteiger partial charge in [-0.15, -0.1) is 0 Å². The molecule has 11 heteroatoms. The zero-order valence-electron chi connectivity index (χ0n) is 13.9. The van der Waals surface area contributed by atoms with Crippen LogP contribution in [-0.2, 0) is 11.3 Å². The molecule has 138 valence electrons. The molecule has 0 fully saturated rings. The number of hydrogen-bond acceptors (Lipinski definition) is 8. The minimum absolute atomic E-state index is 0.110. The number of carbonyl (C=O) groups excluding carboxylic acids is 2. The van der Waals surface area contributed by atoms with Gasteiger partial charge in [0.25, 0.3) is 11.8 Å². The topological polar surface area (TPSA) is 156 Å². The number of nitrogens with zero attached hydrogens (tertiary/aromatic N) is 4. The van der Waals surface area contributed by atoms with E-state index in [1.54, 1.807) is 24.3 Å². The quantitative estimate of drug-likeness (QED) is 0.535. The maximum atomic E-state index is 12.3. The standard InChI is InChI=1S/C16H13N5O6/c1-27-16(26)9-4-2-8(3-5-9)7-17-13(22)10-6-11(15(24)25)21-12(18-10)14(23)19-20-21/h2-6,23H,7H2,1H3,(H,17,22)(H,24,25). The van der Waals surface area contributed by atoms with Crippen molar-refractivity contribution in [3.63, 3.8) is 0 Å². The molecule has 1 amide bonds. The summed E-state index contributed by atoms with van der Waals surface area (Å²) in [6, 6.07) is 7.41. The van der Waals surface area contributed by atoms with Gasteiger partial charge < -0.3 is 20.3 Å². The largest absolute Gasteiger partial charge is 0.489 e. The molecular formula is C16H13N5O6. The van der Waals surface area contributed by atoms with Crippen LogP contribution >= 0.6 is 0 Å². The van der Waals surface area contributed by atoms with Crippen LogP contribution in [0.5, 0.6) is 5.88 Å². The lowest BCUT2D eigenvalue weighted by Crippen LogP contribution is -2.25. The van der Waals surface area contributed by atoms with Crippen molar-refractivity contribution in [2.75, 3.05) is 7.11 Å². The minimum atomic E-state index is -1.36. The highest BCUT2D eigenvalue weighted by Gasteiger charge is 2.20. The van der Waals surface area contributed by atoms with Crippen LogP contribution in [0.2, 0.25) is 0 Å². The first kappa shape index (κ1) is 17.8.